The maximum absolute atomic E-state index is 14.1. The van der Waals surface area contributed by atoms with Crippen LogP contribution in [-0.2, 0) is 25.8 Å². The van der Waals surface area contributed by atoms with Crippen molar-refractivity contribution in [1.29, 1.82) is 0 Å². The Morgan fingerprint density at radius 2 is 1.63 bits per heavy atom. The van der Waals surface area contributed by atoms with E-state index in [2.05, 4.69) is 31.9 Å². The van der Waals surface area contributed by atoms with Crippen LogP contribution in [-0.4, -0.2) is 48.8 Å². The second-order valence-electron chi connectivity index (χ2n) is 12.0. The largest absolute Gasteiger partial charge is 0.508 e. The normalized spacial score (nSPS) is 30.2. The van der Waals surface area contributed by atoms with Crippen LogP contribution < -0.4 is 9.64 Å². The van der Waals surface area contributed by atoms with E-state index in [0.717, 1.165) is 14.9 Å². The first-order valence-electron chi connectivity index (χ1n) is 14.6. The highest BCUT2D eigenvalue weighted by Crippen LogP contribution is 2.66. The van der Waals surface area contributed by atoms with Crippen LogP contribution >= 0.6 is 55.1 Å². The molecule has 236 valence electrons. The number of allylic oxidation sites excluding steroid dienone is 2. The van der Waals surface area contributed by atoms with Gasteiger partial charge in [-0.3, -0.25) is 29.0 Å². The Labute approximate surface area is 291 Å². The zero-order valence-electron chi connectivity index (χ0n) is 24.0. The lowest BCUT2D eigenvalue weighted by atomic mass is 9.56. The van der Waals surface area contributed by atoms with Gasteiger partial charge in [-0.05, 0) is 54.7 Å². The number of anilines is 1. The number of carbonyl (C=O) groups excluding carboxylic acids is 4. The molecule has 0 radical (unpaired) electrons. The molecular weight excluding hydrogens is 763 g/mol. The highest BCUT2D eigenvalue weighted by Gasteiger charge is 2.76. The van der Waals surface area contributed by atoms with Gasteiger partial charge in [-0.2, -0.15) is 0 Å². The molecule has 4 amide bonds. The number of ether oxygens (including phenoxy) is 1. The maximum atomic E-state index is 14.1. The number of rotatable bonds is 6. The summed E-state index contributed by atoms with van der Waals surface area (Å²) in [5.41, 5.74) is 2.10. The first-order chi connectivity index (χ1) is 22.0. The maximum Gasteiger partial charge on any atom is 0.254 e. The molecule has 7 rings (SSSR count). The number of amides is 4. The summed E-state index contributed by atoms with van der Waals surface area (Å²) in [5, 5.41) is 11.5. The number of benzene rings is 3. The summed E-state index contributed by atoms with van der Waals surface area (Å²) in [4.78, 5) is 53.9. The highest BCUT2D eigenvalue weighted by molar-refractivity contribution is 9.10. The van der Waals surface area contributed by atoms with Crippen molar-refractivity contribution in [2.45, 2.75) is 35.1 Å². The smallest absolute Gasteiger partial charge is 0.254 e. The van der Waals surface area contributed by atoms with Gasteiger partial charge in [0, 0.05) is 22.0 Å². The molecule has 0 bridgehead atoms. The zero-order valence-corrected chi connectivity index (χ0v) is 28.7. The molecular formula is C34H26Br2Cl2N2O6. The number of imide groups is 2. The molecule has 4 aliphatic rings. The number of hydrogen-bond acceptors (Lipinski definition) is 6. The lowest BCUT2D eigenvalue weighted by molar-refractivity contribution is -0.138. The molecule has 2 aliphatic carbocycles. The van der Waals surface area contributed by atoms with E-state index in [9.17, 15) is 24.3 Å². The third kappa shape index (κ3) is 4.51. The van der Waals surface area contributed by atoms with Gasteiger partial charge in [0.1, 0.15) is 18.1 Å². The van der Waals surface area contributed by atoms with Gasteiger partial charge in [-0.1, -0.05) is 79.9 Å². The van der Waals surface area contributed by atoms with E-state index in [1.165, 1.54) is 11.0 Å². The van der Waals surface area contributed by atoms with E-state index in [4.69, 9.17) is 27.9 Å². The van der Waals surface area contributed by atoms with Gasteiger partial charge in [-0.25, -0.2) is 0 Å². The van der Waals surface area contributed by atoms with Gasteiger partial charge in [0.2, 0.25) is 11.8 Å². The number of phenolic OH excluding ortho intramolecular Hbond substituents is 1. The summed E-state index contributed by atoms with van der Waals surface area (Å²) in [6, 6.07) is 21.1. The number of likely N-dealkylation sites (tertiary alicyclic amines) is 1. The Bertz CT molecular complexity index is 1820. The van der Waals surface area contributed by atoms with Crippen LogP contribution in [0.15, 0.2) is 88.9 Å². The van der Waals surface area contributed by atoms with E-state index in [0.29, 0.717) is 17.0 Å². The minimum Gasteiger partial charge on any atom is -0.508 e. The lowest BCUT2D eigenvalue weighted by Gasteiger charge is -2.50. The average molecular weight is 789 g/mol. The third-order valence-electron chi connectivity index (χ3n) is 9.66. The molecule has 0 spiro atoms. The fourth-order valence-corrected chi connectivity index (χ4v) is 9.22. The van der Waals surface area contributed by atoms with Crippen LogP contribution in [0.1, 0.15) is 29.9 Å². The van der Waals surface area contributed by atoms with Crippen molar-refractivity contribution in [3.8, 4) is 11.5 Å². The van der Waals surface area contributed by atoms with Crippen LogP contribution in [0.4, 0.5) is 5.69 Å². The van der Waals surface area contributed by atoms with Gasteiger partial charge in [0.05, 0.1) is 23.0 Å². The van der Waals surface area contributed by atoms with E-state index >= 15 is 0 Å². The lowest BCUT2D eigenvalue weighted by Crippen LogP contribution is -2.60. The van der Waals surface area contributed by atoms with Crippen molar-refractivity contribution in [1.82, 2.24) is 4.90 Å². The Morgan fingerprint density at radius 1 is 0.913 bits per heavy atom. The molecule has 1 N–H and O–H groups in total. The Kier molecular flexibility index (Phi) is 7.86. The van der Waals surface area contributed by atoms with Crippen molar-refractivity contribution in [3.05, 3.63) is 100 Å². The highest BCUT2D eigenvalue weighted by atomic mass is 79.9. The van der Waals surface area contributed by atoms with Gasteiger partial charge < -0.3 is 9.84 Å². The van der Waals surface area contributed by atoms with Crippen LogP contribution in [0.25, 0.3) is 0 Å². The molecule has 0 unspecified atom stereocenters. The van der Waals surface area contributed by atoms with Crippen LogP contribution in [0, 0.1) is 17.8 Å². The van der Waals surface area contributed by atoms with Crippen LogP contribution in [0.5, 0.6) is 11.5 Å². The zero-order chi connectivity index (χ0) is 32.5. The summed E-state index contributed by atoms with van der Waals surface area (Å²) in [5.74, 6) is -5.28. The number of aromatic hydroxyl groups is 1. The topological polar surface area (TPSA) is 104 Å². The number of nitrogens with zero attached hydrogens (tertiary/aromatic N) is 2. The molecule has 3 aromatic carbocycles. The second kappa shape index (κ2) is 11.5. The predicted octanol–water partition coefficient (Wildman–Crippen LogP) is 6.65. The molecule has 12 heteroatoms. The molecule has 0 aromatic heterocycles. The minimum atomic E-state index is -2.02. The average Bonchev–Trinajstić information content (AvgIpc) is 3.39. The molecule has 2 aliphatic heterocycles. The van der Waals surface area contributed by atoms with E-state index in [1.807, 2.05) is 36.4 Å². The number of halogens is 4. The predicted molar refractivity (Wildman–Crippen MR) is 179 cm³/mol. The molecule has 2 heterocycles. The molecule has 3 fully saturated rings. The van der Waals surface area contributed by atoms with Crippen LogP contribution in [0.3, 0.4) is 0 Å². The summed E-state index contributed by atoms with van der Waals surface area (Å²) < 4.78 is 6.71. The molecule has 3 aromatic rings. The fraction of sp³-hybridized carbons (Fsp3) is 0.294. The molecule has 2 saturated heterocycles. The standard InChI is InChI=1S/C34H26Br2Cl2N2O6/c35-17-39-31(44)33(37)15-25-22(12-13-24-27(25)30(43)40(29(24)42)20-8-6-19(36)7-9-20)28(34(33,38)32(39)45)23-11-10-21(14-26(23)41)46-16-18-4-2-1-3-5-18/h1-12,14,24-25,27-28,41H,13,15-17H2/t24-,25+,27-,28+,33+,34-/m0/s1. The van der Waals surface area contributed by atoms with E-state index in [-0.39, 0.29) is 42.1 Å². The SMILES string of the molecule is O=C1[C@H]2[C@H](CC=C3[C@H]2C[C@@]2(Cl)C(=O)N(CBr)C(=O)[C@@]2(Cl)[C@H]3c2ccc(OCc3ccccc3)cc2O)C(=O)N1c1ccc(Br)cc1. The molecule has 1 saturated carbocycles. The molecule has 6 atom stereocenters. The van der Waals surface area contributed by atoms with E-state index < -0.39 is 51.1 Å². The van der Waals surface area contributed by atoms with Crippen molar-refractivity contribution < 1.29 is 29.0 Å². The number of hydrogen-bond donors (Lipinski definition) is 1. The van der Waals surface area contributed by atoms with E-state index in [1.54, 1.807) is 36.4 Å². The quantitative estimate of drug-likeness (QED) is 0.130. The number of fused-ring (bicyclic) bond motifs is 4. The monoisotopic (exact) mass is 786 g/mol. The van der Waals surface area contributed by atoms with Gasteiger partial charge in [0.25, 0.3) is 11.8 Å². The Hall–Kier alpha value is -3.18. The van der Waals surface area contributed by atoms with Crippen LogP contribution in [0.2, 0.25) is 0 Å². The van der Waals surface area contributed by atoms with Crippen molar-refractivity contribution >= 4 is 84.4 Å². The first kappa shape index (κ1) is 31.4. The van der Waals surface area contributed by atoms with Gasteiger partial charge in [0.15, 0.2) is 9.75 Å². The van der Waals surface area contributed by atoms with Gasteiger partial charge >= 0.3 is 0 Å². The minimum absolute atomic E-state index is 0.136. The Balaban J connectivity index is 1.31. The summed E-state index contributed by atoms with van der Waals surface area (Å²) in [6.45, 7) is 0.266. The van der Waals surface area contributed by atoms with Crippen molar-refractivity contribution in [2.75, 3.05) is 10.4 Å². The fourth-order valence-electron chi connectivity index (χ4n) is 7.54. The number of carbonyl (C=O) groups is 4. The summed E-state index contributed by atoms with van der Waals surface area (Å²) in [6.07, 6.45) is 1.92. The number of alkyl halides is 3. The number of phenols is 1. The summed E-state index contributed by atoms with van der Waals surface area (Å²) >= 11 is 21.2. The molecule has 46 heavy (non-hydrogen) atoms. The van der Waals surface area contributed by atoms with Gasteiger partial charge in [-0.15, -0.1) is 23.2 Å². The summed E-state index contributed by atoms with van der Waals surface area (Å²) in [7, 11) is 0. The molecule has 8 nitrogen and oxygen atoms in total. The van der Waals surface area contributed by atoms with Crippen molar-refractivity contribution in [3.63, 3.8) is 0 Å². The first-order valence-corrected chi connectivity index (χ1v) is 17.3. The Morgan fingerprint density at radius 3 is 2.30 bits per heavy atom. The second-order valence-corrected chi connectivity index (χ2v) is 14.6. The van der Waals surface area contributed by atoms with Crippen molar-refractivity contribution in [2.24, 2.45) is 17.8 Å². The third-order valence-corrected chi connectivity index (χ3v) is 12.1.